The van der Waals surface area contributed by atoms with E-state index in [2.05, 4.69) is 20.7 Å². The van der Waals surface area contributed by atoms with Gasteiger partial charge >= 0.3 is 0 Å². The van der Waals surface area contributed by atoms with Crippen molar-refractivity contribution in [3.63, 3.8) is 0 Å². The number of sulfonamides is 1. The van der Waals surface area contributed by atoms with Gasteiger partial charge in [0.1, 0.15) is 10.0 Å². The highest BCUT2D eigenvalue weighted by Gasteiger charge is 2.19. The van der Waals surface area contributed by atoms with Crippen molar-refractivity contribution in [1.29, 1.82) is 0 Å². The molecule has 0 aliphatic carbocycles. The van der Waals surface area contributed by atoms with Gasteiger partial charge in [-0.2, -0.15) is 0 Å². The highest BCUT2D eigenvalue weighted by Crippen LogP contribution is 2.31. The maximum atomic E-state index is 13.6. The van der Waals surface area contributed by atoms with E-state index in [-0.39, 0.29) is 9.90 Å². The fraction of sp³-hybridized carbons (Fsp3) is 0.167. The van der Waals surface area contributed by atoms with E-state index in [0.29, 0.717) is 0 Å². The van der Waals surface area contributed by atoms with Gasteiger partial charge in [0.2, 0.25) is 0 Å². The first-order valence-corrected chi connectivity index (χ1v) is 8.44. The molecule has 1 aromatic heterocycles. The monoisotopic (exact) mass is 363 g/mol. The summed E-state index contributed by atoms with van der Waals surface area (Å²) in [6.45, 7) is 3.53. The molecule has 0 amide bonds. The molecule has 0 saturated carbocycles. The number of hydrogen-bond donors (Lipinski definition) is 1. The zero-order chi connectivity index (χ0) is 14.2. The first kappa shape index (κ1) is 14.5. The van der Waals surface area contributed by atoms with Crippen molar-refractivity contribution in [3.05, 3.63) is 45.0 Å². The standard InChI is InChI=1S/C12H11BrFNO2S2/c1-7-3-4-10(9(14)5-7)15-19(16,17)11-6-8(2)12(13)18-11/h3-6,15H,1-2H3. The Morgan fingerprint density at radius 2 is 1.95 bits per heavy atom. The molecule has 1 N–H and O–H groups in total. The van der Waals surface area contributed by atoms with Gasteiger partial charge in [-0.25, -0.2) is 12.8 Å². The Kier molecular flexibility index (Phi) is 3.98. The third kappa shape index (κ3) is 3.16. The Morgan fingerprint density at radius 3 is 2.47 bits per heavy atom. The average molecular weight is 364 g/mol. The third-order valence-corrected chi connectivity index (χ3v) is 6.44. The van der Waals surface area contributed by atoms with Crippen LogP contribution in [0.15, 0.2) is 32.3 Å². The van der Waals surface area contributed by atoms with E-state index >= 15 is 0 Å². The molecule has 1 heterocycles. The molecule has 0 spiro atoms. The van der Waals surface area contributed by atoms with Crippen molar-refractivity contribution >= 4 is 43.0 Å². The van der Waals surface area contributed by atoms with E-state index in [0.717, 1.165) is 26.3 Å². The number of thiophene rings is 1. The molecule has 0 saturated heterocycles. The van der Waals surface area contributed by atoms with E-state index in [1.165, 1.54) is 12.1 Å². The van der Waals surface area contributed by atoms with Crippen molar-refractivity contribution in [2.45, 2.75) is 18.1 Å². The highest BCUT2D eigenvalue weighted by molar-refractivity contribution is 9.11. The normalized spacial score (nSPS) is 11.6. The Morgan fingerprint density at radius 1 is 1.26 bits per heavy atom. The van der Waals surface area contributed by atoms with Gasteiger partial charge in [-0.1, -0.05) is 6.07 Å². The Labute approximate surface area is 123 Å². The van der Waals surface area contributed by atoms with Crippen LogP contribution in [0.5, 0.6) is 0 Å². The number of halogens is 2. The first-order valence-electron chi connectivity index (χ1n) is 5.34. The van der Waals surface area contributed by atoms with Crippen LogP contribution in [0.4, 0.5) is 10.1 Å². The van der Waals surface area contributed by atoms with E-state index in [1.54, 1.807) is 26.0 Å². The Bertz CT molecular complexity index is 706. The third-order valence-electron chi connectivity index (χ3n) is 2.47. The summed E-state index contributed by atoms with van der Waals surface area (Å²) >= 11 is 4.36. The predicted octanol–water partition coefficient (Wildman–Crippen LogP) is 4.07. The fourth-order valence-corrected chi connectivity index (χ4v) is 4.75. The summed E-state index contributed by atoms with van der Waals surface area (Å²) < 4.78 is 41.0. The second kappa shape index (κ2) is 5.22. The van der Waals surface area contributed by atoms with Gasteiger partial charge < -0.3 is 0 Å². The van der Waals surface area contributed by atoms with E-state index in [4.69, 9.17) is 0 Å². The average Bonchev–Trinajstić information content (AvgIpc) is 2.64. The topological polar surface area (TPSA) is 46.2 Å². The van der Waals surface area contributed by atoms with Crippen LogP contribution in [-0.4, -0.2) is 8.42 Å². The second-order valence-corrected chi connectivity index (χ2v) is 8.39. The molecular weight excluding hydrogens is 353 g/mol. The largest absolute Gasteiger partial charge is 0.276 e. The van der Waals surface area contributed by atoms with Gasteiger partial charge in [0, 0.05) is 0 Å². The van der Waals surface area contributed by atoms with Crippen LogP contribution in [0.1, 0.15) is 11.1 Å². The van der Waals surface area contributed by atoms with Crippen LogP contribution in [-0.2, 0) is 10.0 Å². The maximum absolute atomic E-state index is 13.6. The molecule has 0 unspecified atom stereocenters. The van der Waals surface area contributed by atoms with Gasteiger partial charge in [-0.05, 0) is 59.1 Å². The van der Waals surface area contributed by atoms with Crippen molar-refractivity contribution in [1.82, 2.24) is 0 Å². The van der Waals surface area contributed by atoms with Crippen LogP contribution in [0.3, 0.4) is 0 Å². The smallest absolute Gasteiger partial charge is 0.271 e. The fourth-order valence-electron chi connectivity index (χ4n) is 1.46. The number of anilines is 1. The van der Waals surface area contributed by atoms with Crippen LogP contribution < -0.4 is 4.72 Å². The Hall–Kier alpha value is -0.920. The predicted molar refractivity (Wildman–Crippen MR) is 78.7 cm³/mol. The molecule has 3 nitrogen and oxygen atoms in total. The SMILES string of the molecule is Cc1ccc(NS(=O)(=O)c2cc(C)c(Br)s2)c(F)c1. The summed E-state index contributed by atoms with van der Waals surface area (Å²) in [7, 11) is -3.75. The molecule has 0 aliphatic rings. The van der Waals surface area contributed by atoms with Crippen LogP contribution in [0.2, 0.25) is 0 Å². The summed E-state index contributed by atoms with van der Waals surface area (Å²) in [5.74, 6) is -0.587. The molecule has 2 rings (SSSR count). The molecule has 0 fully saturated rings. The highest BCUT2D eigenvalue weighted by atomic mass is 79.9. The lowest BCUT2D eigenvalue weighted by molar-refractivity contribution is 0.600. The lowest BCUT2D eigenvalue weighted by atomic mass is 10.2. The van der Waals surface area contributed by atoms with Gasteiger partial charge in [-0.15, -0.1) is 11.3 Å². The molecule has 0 atom stereocenters. The number of nitrogens with one attached hydrogen (secondary N) is 1. The lowest BCUT2D eigenvalue weighted by Crippen LogP contribution is -2.12. The van der Waals surface area contributed by atoms with Gasteiger partial charge in [0.15, 0.2) is 0 Å². The number of benzene rings is 1. The summed E-state index contributed by atoms with van der Waals surface area (Å²) in [5.41, 5.74) is 1.51. The molecule has 7 heteroatoms. The molecular formula is C12H11BrFNO2S2. The molecule has 102 valence electrons. The van der Waals surface area contributed by atoms with Crippen molar-refractivity contribution in [3.8, 4) is 0 Å². The molecule has 0 aliphatic heterocycles. The van der Waals surface area contributed by atoms with E-state index < -0.39 is 15.8 Å². The molecule has 0 bridgehead atoms. The van der Waals surface area contributed by atoms with Gasteiger partial charge in [0.05, 0.1) is 9.47 Å². The second-order valence-electron chi connectivity index (χ2n) is 4.11. The van der Waals surface area contributed by atoms with Crippen LogP contribution in [0.25, 0.3) is 0 Å². The summed E-state index contributed by atoms with van der Waals surface area (Å²) in [4.78, 5) is 0. The summed E-state index contributed by atoms with van der Waals surface area (Å²) in [6, 6.07) is 5.89. The van der Waals surface area contributed by atoms with E-state index in [1.807, 2.05) is 0 Å². The van der Waals surface area contributed by atoms with Crippen molar-refractivity contribution in [2.24, 2.45) is 0 Å². The van der Waals surface area contributed by atoms with Crippen LogP contribution >= 0.6 is 27.3 Å². The maximum Gasteiger partial charge on any atom is 0.271 e. The molecule has 0 radical (unpaired) electrons. The zero-order valence-corrected chi connectivity index (χ0v) is 13.4. The summed E-state index contributed by atoms with van der Waals surface area (Å²) in [6.07, 6.45) is 0. The Balaban J connectivity index is 2.36. The minimum absolute atomic E-state index is 0.0484. The zero-order valence-electron chi connectivity index (χ0n) is 10.2. The number of aryl methyl sites for hydroxylation is 2. The number of hydrogen-bond acceptors (Lipinski definition) is 3. The minimum Gasteiger partial charge on any atom is -0.276 e. The van der Waals surface area contributed by atoms with Crippen molar-refractivity contribution < 1.29 is 12.8 Å². The molecule has 19 heavy (non-hydrogen) atoms. The number of rotatable bonds is 3. The van der Waals surface area contributed by atoms with E-state index in [9.17, 15) is 12.8 Å². The van der Waals surface area contributed by atoms with Crippen LogP contribution in [0, 0.1) is 19.7 Å². The van der Waals surface area contributed by atoms with Gasteiger partial charge in [-0.3, -0.25) is 4.72 Å². The van der Waals surface area contributed by atoms with Crippen molar-refractivity contribution in [2.75, 3.05) is 4.72 Å². The lowest BCUT2D eigenvalue weighted by Gasteiger charge is -2.07. The quantitative estimate of drug-likeness (QED) is 0.893. The minimum atomic E-state index is -3.75. The molecule has 1 aromatic carbocycles. The molecule has 2 aromatic rings. The first-order chi connectivity index (χ1) is 8.79. The summed E-state index contributed by atoms with van der Waals surface area (Å²) in [5, 5.41) is 0. The van der Waals surface area contributed by atoms with Gasteiger partial charge in [0.25, 0.3) is 10.0 Å².